The molecular weight excluding hydrogens is 275 g/mol. The normalized spacial score (nSPS) is 17.9. The van der Waals surface area contributed by atoms with Crippen LogP contribution in [0.1, 0.15) is 63.5 Å². The Labute approximate surface area is 124 Å². The Bertz CT molecular complexity index is 432. The van der Waals surface area contributed by atoms with E-state index in [4.69, 9.17) is 0 Å². The molecule has 0 aromatic heterocycles. The number of hydrogen-bond acceptors (Lipinski definition) is 1. The molecule has 1 aliphatic rings. The van der Waals surface area contributed by atoms with E-state index >= 15 is 0 Å². The maximum Gasteiger partial charge on any atom is 0.194 e. The molecule has 2 rings (SSSR count). The van der Waals surface area contributed by atoms with Gasteiger partial charge in [0.2, 0.25) is 0 Å². The summed E-state index contributed by atoms with van der Waals surface area (Å²) in [7, 11) is 0. The van der Waals surface area contributed by atoms with E-state index in [0.29, 0.717) is 11.5 Å². The zero-order chi connectivity index (χ0) is 15.2. The van der Waals surface area contributed by atoms with E-state index in [-0.39, 0.29) is 6.04 Å². The third-order valence-electron chi connectivity index (χ3n) is 4.34. The van der Waals surface area contributed by atoms with Gasteiger partial charge in [-0.3, -0.25) is 0 Å². The van der Waals surface area contributed by atoms with Crippen molar-refractivity contribution in [2.75, 3.05) is 6.54 Å². The molecule has 1 aromatic carbocycles. The van der Waals surface area contributed by atoms with Crippen molar-refractivity contribution >= 4 is 0 Å². The van der Waals surface area contributed by atoms with Crippen molar-refractivity contribution in [3.8, 4) is 0 Å². The minimum absolute atomic E-state index is 0.0994. The predicted molar refractivity (Wildman–Crippen MR) is 78.5 cm³/mol. The van der Waals surface area contributed by atoms with Crippen LogP contribution in [0.2, 0.25) is 0 Å². The van der Waals surface area contributed by atoms with Crippen molar-refractivity contribution in [3.05, 3.63) is 35.1 Å². The standard InChI is InChI=1S/C17H24F3N/c1-2-8-21-16(9-12-6-4-3-5-7-12)13-10-14(18)17(20)15(19)11-13/h10-12,16,21H,2-9H2,1H3. The minimum Gasteiger partial charge on any atom is -0.310 e. The maximum absolute atomic E-state index is 13.5. The molecule has 1 unspecified atom stereocenters. The third kappa shape index (κ3) is 4.47. The van der Waals surface area contributed by atoms with Gasteiger partial charge >= 0.3 is 0 Å². The topological polar surface area (TPSA) is 12.0 Å². The van der Waals surface area contributed by atoms with Crippen molar-refractivity contribution < 1.29 is 13.2 Å². The van der Waals surface area contributed by atoms with Crippen LogP contribution in [0.3, 0.4) is 0 Å². The Kier molecular flexibility index (Phi) is 6.09. The van der Waals surface area contributed by atoms with Gasteiger partial charge in [0.05, 0.1) is 0 Å². The van der Waals surface area contributed by atoms with Gasteiger partial charge in [-0.1, -0.05) is 39.0 Å². The van der Waals surface area contributed by atoms with Gasteiger partial charge in [0.1, 0.15) is 0 Å². The van der Waals surface area contributed by atoms with Crippen molar-refractivity contribution in [2.24, 2.45) is 5.92 Å². The van der Waals surface area contributed by atoms with E-state index in [9.17, 15) is 13.2 Å². The molecule has 1 fully saturated rings. The van der Waals surface area contributed by atoms with E-state index in [2.05, 4.69) is 12.2 Å². The number of benzene rings is 1. The summed E-state index contributed by atoms with van der Waals surface area (Å²) in [6.07, 6.45) is 7.92. The lowest BCUT2D eigenvalue weighted by atomic mass is 9.83. The summed E-state index contributed by atoms with van der Waals surface area (Å²) < 4.78 is 40.0. The zero-order valence-electron chi connectivity index (χ0n) is 12.6. The second-order valence-electron chi connectivity index (χ2n) is 6.04. The van der Waals surface area contributed by atoms with E-state index in [0.717, 1.165) is 31.5 Å². The molecule has 0 spiro atoms. The Balaban J connectivity index is 2.14. The van der Waals surface area contributed by atoms with Crippen LogP contribution in [-0.4, -0.2) is 6.54 Å². The lowest BCUT2D eigenvalue weighted by molar-refractivity contribution is 0.298. The number of hydrogen-bond donors (Lipinski definition) is 1. The average Bonchev–Trinajstić information content (AvgIpc) is 2.49. The zero-order valence-corrected chi connectivity index (χ0v) is 12.6. The van der Waals surface area contributed by atoms with Crippen LogP contribution in [0, 0.1) is 23.4 Å². The van der Waals surface area contributed by atoms with E-state index in [1.807, 2.05) is 0 Å². The summed E-state index contributed by atoms with van der Waals surface area (Å²) in [5.74, 6) is -3.00. The quantitative estimate of drug-likeness (QED) is 0.719. The van der Waals surface area contributed by atoms with Gasteiger partial charge in [-0.15, -0.1) is 0 Å². The van der Waals surface area contributed by atoms with Gasteiger partial charge in [0, 0.05) is 6.04 Å². The molecule has 1 saturated carbocycles. The number of rotatable bonds is 6. The SMILES string of the molecule is CCCNC(CC1CCCCC1)c1cc(F)c(F)c(F)c1. The molecule has 1 aromatic rings. The molecule has 118 valence electrons. The molecule has 0 amide bonds. The molecule has 0 heterocycles. The van der Waals surface area contributed by atoms with Crippen LogP contribution in [-0.2, 0) is 0 Å². The van der Waals surface area contributed by atoms with Crippen LogP contribution in [0.5, 0.6) is 0 Å². The van der Waals surface area contributed by atoms with Gasteiger partial charge in [0.15, 0.2) is 17.5 Å². The van der Waals surface area contributed by atoms with Crippen LogP contribution in [0.4, 0.5) is 13.2 Å². The van der Waals surface area contributed by atoms with E-state index in [1.54, 1.807) is 0 Å². The molecule has 4 heteroatoms. The van der Waals surface area contributed by atoms with Crippen LogP contribution >= 0.6 is 0 Å². The molecule has 0 aliphatic heterocycles. The molecule has 1 aliphatic carbocycles. The van der Waals surface area contributed by atoms with Crippen LogP contribution in [0.15, 0.2) is 12.1 Å². The Morgan fingerprint density at radius 1 is 1.10 bits per heavy atom. The average molecular weight is 299 g/mol. The fraction of sp³-hybridized carbons (Fsp3) is 0.647. The number of nitrogens with one attached hydrogen (secondary N) is 1. The van der Waals surface area contributed by atoms with Gasteiger partial charge in [-0.05, 0) is 43.0 Å². The largest absolute Gasteiger partial charge is 0.310 e. The van der Waals surface area contributed by atoms with Crippen LogP contribution in [0.25, 0.3) is 0 Å². The smallest absolute Gasteiger partial charge is 0.194 e. The lowest BCUT2D eigenvalue weighted by Gasteiger charge is -2.27. The van der Waals surface area contributed by atoms with E-state index < -0.39 is 17.5 Å². The number of halogens is 3. The first-order valence-electron chi connectivity index (χ1n) is 7.99. The fourth-order valence-corrected chi connectivity index (χ4v) is 3.19. The summed E-state index contributed by atoms with van der Waals surface area (Å²) in [5, 5.41) is 3.35. The van der Waals surface area contributed by atoms with Crippen molar-refractivity contribution in [3.63, 3.8) is 0 Å². The third-order valence-corrected chi connectivity index (χ3v) is 4.34. The molecular formula is C17H24F3N. The van der Waals surface area contributed by atoms with Crippen molar-refractivity contribution in [1.82, 2.24) is 5.32 Å². The lowest BCUT2D eigenvalue weighted by Crippen LogP contribution is -2.25. The van der Waals surface area contributed by atoms with Gasteiger partial charge < -0.3 is 5.32 Å². The highest BCUT2D eigenvalue weighted by Crippen LogP contribution is 2.32. The van der Waals surface area contributed by atoms with Crippen LogP contribution < -0.4 is 5.32 Å². The molecule has 1 atom stereocenters. The Hall–Kier alpha value is -1.03. The molecule has 0 bridgehead atoms. The Morgan fingerprint density at radius 2 is 1.71 bits per heavy atom. The summed E-state index contributed by atoms with van der Waals surface area (Å²) in [5.41, 5.74) is 0.519. The maximum atomic E-state index is 13.5. The summed E-state index contributed by atoms with van der Waals surface area (Å²) in [6, 6.07) is 2.17. The fourth-order valence-electron chi connectivity index (χ4n) is 3.19. The molecule has 21 heavy (non-hydrogen) atoms. The summed E-state index contributed by atoms with van der Waals surface area (Å²) >= 11 is 0. The first kappa shape index (κ1) is 16.3. The second kappa shape index (κ2) is 7.83. The predicted octanol–water partition coefficient (Wildman–Crippen LogP) is 5.12. The Morgan fingerprint density at radius 3 is 2.29 bits per heavy atom. The molecule has 0 radical (unpaired) electrons. The highest BCUT2D eigenvalue weighted by atomic mass is 19.2. The summed E-state index contributed by atoms with van der Waals surface area (Å²) in [4.78, 5) is 0. The highest BCUT2D eigenvalue weighted by molar-refractivity contribution is 5.23. The molecule has 0 saturated heterocycles. The monoisotopic (exact) mass is 299 g/mol. The van der Waals surface area contributed by atoms with Gasteiger partial charge in [-0.25, -0.2) is 13.2 Å². The molecule has 1 N–H and O–H groups in total. The van der Waals surface area contributed by atoms with Crippen molar-refractivity contribution in [2.45, 2.75) is 57.9 Å². The molecule has 1 nitrogen and oxygen atoms in total. The van der Waals surface area contributed by atoms with Gasteiger partial charge in [-0.2, -0.15) is 0 Å². The first-order chi connectivity index (χ1) is 10.1. The van der Waals surface area contributed by atoms with E-state index in [1.165, 1.54) is 32.1 Å². The minimum atomic E-state index is -1.38. The summed E-state index contributed by atoms with van der Waals surface area (Å²) in [6.45, 7) is 2.84. The highest BCUT2D eigenvalue weighted by Gasteiger charge is 2.22. The first-order valence-corrected chi connectivity index (χ1v) is 7.99. The van der Waals surface area contributed by atoms with Crippen molar-refractivity contribution in [1.29, 1.82) is 0 Å². The van der Waals surface area contributed by atoms with Gasteiger partial charge in [0.25, 0.3) is 0 Å². The second-order valence-corrected chi connectivity index (χ2v) is 6.04.